The minimum absolute atomic E-state index is 0.0586. The predicted octanol–water partition coefficient (Wildman–Crippen LogP) is 7.00. The molecule has 2 unspecified atom stereocenters. The van der Waals surface area contributed by atoms with Crippen LogP contribution in [0.2, 0.25) is 0 Å². The molecular formula is C36H36O5. The number of carbonyl (C=O) groups is 1. The normalized spacial score (nSPS) is 14.6. The van der Waals surface area contributed by atoms with Crippen molar-refractivity contribution in [2.45, 2.75) is 44.5 Å². The summed E-state index contributed by atoms with van der Waals surface area (Å²) in [5, 5.41) is 9.71. The molecule has 4 aromatic carbocycles. The maximum absolute atomic E-state index is 11.5. The molecule has 0 bridgehead atoms. The Labute approximate surface area is 242 Å². The number of aliphatic hydroxyl groups excluding tert-OH is 1. The average molecular weight is 549 g/mol. The summed E-state index contributed by atoms with van der Waals surface area (Å²) in [6.45, 7) is 9.37. The Bertz CT molecular complexity index is 1460. The first-order valence-corrected chi connectivity index (χ1v) is 14.0. The summed E-state index contributed by atoms with van der Waals surface area (Å²) in [5.74, 6) is 0.534. The van der Waals surface area contributed by atoms with Gasteiger partial charge in [0.05, 0.1) is 5.41 Å². The molecule has 5 heteroatoms. The third-order valence-electron chi connectivity index (χ3n) is 7.65. The SMILES string of the molecule is C=CC(=O)OCC(COc1ccc(C2(c3ccc(C(C)C)cc3)c3ccccc3-c3ccccc32)cc1)OC(C)O. The molecule has 5 rings (SSSR count). The number of fused-ring (bicyclic) bond motifs is 3. The van der Waals surface area contributed by atoms with Gasteiger partial charge in [-0.2, -0.15) is 0 Å². The lowest BCUT2D eigenvalue weighted by atomic mass is 9.67. The lowest BCUT2D eigenvalue weighted by Crippen LogP contribution is -2.31. The number of hydrogen-bond acceptors (Lipinski definition) is 5. The molecule has 1 N–H and O–H groups in total. The number of aliphatic hydroxyl groups is 1. The smallest absolute Gasteiger partial charge is 0.330 e. The molecule has 2 atom stereocenters. The summed E-state index contributed by atoms with van der Waals surface area (Å²) in [6.07, 6.45) is -0.583. The molecule has 0 saturated carbocycles. The quantitative estimate of drug-likeness (QED) is 0.109. The van der Waals surface area contributed by atoms with E-state index in [1.807, 2.05) is 12.1 Å². The van der Waals surface area contributed by atoms with Gasteiger partial charge in [0.1, 0.15) is 25.1 Å². The number of benzene rings is 4. The number of ether oxygens (including phenoxy) is 3. The Balaban J connectivity index is 1.52. The van der Waals surface area contributed by atoms with Crippen molar-refractivity contribution < 1.29 is 24.1 Å². The van der Waals surface area contributed by atoms with Gasteiger partial charge in [0.2, 0.25) is 0 Å². The van der Waals surface area contributed by atoms with Crippen LogP contribution in [-0.4, -0.2) is 36.7 Å². The Morgan fingerprint density at radius 3 is 1.85 bits per heavy atom. The van der Waals surface area contributed by atoms with E-state index in [4.69, 9.17) is 14.2 Å². The van der Waals surface area contributed by atoms with Crippen LogP contribution in [0.4, 0.5) is 0 Å². The zero-order valence-corrected chi connectivity index (χ0v) is 23.7. The summed E-state index contributed by atoms with van der Waals surface area (Å²) in [5.41, 5.74) is 8.15. The minimum atomic E-state index is -1.03. The fraction of sp³-hybridized carbons (Fsp3) is 0.250. The van der Waals surface area contributed by atoms with Gasteiger partial charge in [-0.3, -0.25) is 0 Å². The van der Waals surface area contributed by atoms with Crippen molar-refractivity contribution in [3.05, 3.63) is 138 Å². The molecule has 210 valence electrons. The van der Waals surface area contributed by atoms with E-state index in [0.29, 0.717) is 11.7 Å². The Hall–Kier alpha value is -4.19. The largest absolute Gasteiger partial charge is 0.491 e. The summed E-state index contributed by atoms with van der Waals surface area (Å²) in [6, 6.07) is 34.5. The highest BCUT2D eigenvalue weighted by molar-refractivity contribution is 5.86. The van der Waals surface area contributed by atoms with Crippen LogP contribution in [-0.2, 0) is 19.7 Å². The van der Waals surface area contributed by atoms with Crippen LogP contribution < -0.4 is 4.74 Å². The van der Waals surface area contributed by atoms with Crippen molar-refractivity contribution in [2.24, 2.45) is 0 Å². The monoisotopic (exact) mass is 548 g/mol. The molecule has 0 radical (unpaired) electrons. The van der Waals surface area contributed by atoms with Crippen molar-refractivity contribution in [1.82, 2.24) is 0 Å². The van der Waals surface area contributed by atoms with E-state index in [1.165, 1.54) is 40.3 Å². The highest BCUT2D eigenvalue weighted by Gasteiger charge is 2.45. The zero-order valence-electron chi connectivity index (χ0n) is 23.7. The summed E-state index contributed by atoms with van der Waals surface area (Å²) in [4.78, 5) is 11.5. The van der Waals surface area contributed by atoms with E-state index in [1.54, 1.807) is 0 Å². The third kappa shape index (κ3) is 5.56. The second-order valence-corrected chi connectivity index (χ2v) is 10.6. The molecule has 0 heterocycles. The number of carbonyl (C=O) groups excluding carboxylic acids is 1. The van der Waals surface area contributed by atoms with Gasteiger partial charge in [-0.1, -0.05) is 105 Å². The topological polar surface area (TPSA) is 65.0 Å². The first-order chi connectivity index (χ1) is 19.8. The van der Waals surface area contributed by atoms with E-state index in [-0.39, 0.29) is 13.2 Å². The molecule has 41 heavy (non-hydrogen) atoms. The van der Waals surface area contributed by atoms with Crippen LogP contribution in [0.5, 0.6) is 5.75 Å². The first-order valence-electron chi connectivity index (χ1n) is 14.0. The van der Waals surface area contributed by atoms with Crippen molar-refractivity contribution in [3.63, 3.8) is 0 Å². The summed E-state index contributed by atoms with van der Waals surface area (Å²) >= 11 is 0. The second kappa shape index (κ2) is 12.1. The van der Waals surface area contributed by atoms with Crippen LogP contribution in [0.3, 0.4) is 0 Å². The molecule has 0 spiro atoms. The van der Waals surface area contributed by atoms with Gasteiger partial charge in [0.15, 0.2) is 6.29 Å². The van der Waals surface area contributed by atoms with Gasteiger partial charge in [-0.15, -0.1) is 0 Å². The Kier molecular flexibility index (Phi) is 8.39. The molecule has 0 saturated heterocycles. The summed E-state index contributed by atoms with van der Waals surface area (Å²) < 4.78 is 16.6. The van der Waals surface area contributed by atoms with Crippen LogP contribution in [0.25, 0.3) is 11.1 Å². The van der Waals surface area contributed by atoms with E-state index in [9.17, 15) is 9.90 Å². The van der Waals surface area contributed by atoms with Gasteiger partial charge in [-0.05, 0) is 63.9 Å². The van der Waals surface area contributed by atoms with Crippen LogP contribution >= 0.6 is 0 Å². The fourth-order valence-corrected chi connectivity index (χ4v) is 5.77. The van der Waals surface area contributed by atoms with Gasteiger partial charge in [-0.25, -0.2) is 4.79 Å². The van der Waals surface area contributed by atoms with Crippen molar-refractivity contribution in [2.75, 3.05) is 13.2 Å². The number of rotatable bonds is 11. The standard InChI is InChI=1S/C36H36O5/c1-5-35(38)40-23-30(41-25(4)37)22-39-29-20-18-28(19-21-29)36(27-16-14-26(15-17-27)24(2)3)33-12-8-6-10-31(33)32-11-7-9-13-34(32)36/h5-21,24-25,30,37H,1,22-23H2,2-4H3. The van der Waals surface area contributed by atoms with E-state index in [0.717, 1.165) is 11.6 Å². The lowest BCUT2D eigenvalue weighted by molar-refractivity contribution is -0.162. The molecule has 4 aromatic rings. The van der Waals surface area contributed by atoms with E-state index >= 15 is 0 Å². The average Bonchev–Trinajstić information content (AvgIpc) is 3.29. The summed E-state index contributed by atoms with van der Waals surface area (Å²) in [7, 11) is 0. The van der Waals surface area contributed by atoms with Gasteiger partial charge >= 0.3 is 5.97 Å². The molecule has 1 aliphatic carbocycles. The molecule has 5 nitrogen and oxygen atoms in total. The predicted molar refractivity (Wildman–Crippen MR) is 161 cm³/mol. The molecule has 0 aliphatic heterocycles. The highest BCUT2D eigenvalue weighted by Crippen LogP contribution is 2.56. The Morgan fingerprint density at radius 1 is 0.805 bits per heavy atom. The maximum atomic E-state index is 11.5. The second-order valence-electron chi connectivity index (χ2n) is 10.6. The minimum Gasteiger partial charge on any atom is -0.491 e. The zero-order chi connectivity index (χ0) is 29.0. The van der Waals surface area contributed by atoms with Crippen LogP contribution in [0.15, 0.2) is 110 Å². The highest BCUT2D eigenvalue weighted by atomic mass is 16.6. The van der Waals surface area contributed by atoms with Crippen molar-refractivity contribution in [3.8, 4) is 16.9 Å². The number of hydrogen-bond donors (Lipinski definition) is 1. The molecule has 1 aliphatic rings. The van der Waals surface area contributed by atoms with Crippen molar-refractivity contribution in [1.29, 1.82) is 0 Å². The molecule has 0 aromatic heterocycles. The third-order valence-corrected chi connectivity index (χ3v) is 7.65. The van der Waals surface area contributed by atoms with Gasteiger partial charge in [0.25, 0.3) is 0 Å². The van der Waals surface area contributed by atoms with Gasteiger partial charge < -0.3 is 19.3 Å². The molecule has 0 amide bonds. The van der Waals surface area contributed by atoms with E-state index in [2.05, 4.69) is 105 Å². The lowest BCUT2D eigenvalue weighted by Gasteiger charge is -2.34. The maximum Gasteiger partial charge on any atom is 0.330 e. The first kappa shape index (κ1) is 28.3. The fourth-order valence-electron chi connectivity index (χ4n) is 5.77. The van der Waals surface area contributed by atoms with E-state index < -0.39 is 23.8 Å². The Morgan fingerprint density at radius 2 is 1.34 bits per heavy atom. The van der Waals surface area contributed by atoms with Crippen LogP contribution in [0, 0.1) is 0 Å². The molecular weight excluding hydrogens is 512 g/mol. The van der Waals surface area contributed by atoms with Gasteiger partial charge in [0, 0.05) is 6.08 Å². The van der Waals surface area contributed by atoms with Crippen LogP contribution in [0.1, 0.15) is 54.5 Å². The van der Waals surface area contributed by atoms with Crippen molar-refractivity contribution >= 4 is 5.97 Å². The molecule has 0 fully saturated rings. The number of esters is 1.